The first-order chi connectivity index (χ1) is 22.4. The Hall–Kier alpha value is -4.20. The predicted molar refractivity (Wildman–Crippen MR) is 183 cm³/mol. The summed E-state index contributed by atoms with van der Waals surface area (Å²) in [5.41, 5.74) is 5.57. The molecule has 1 N–H and O–H groups in total. The molecule has 0 spiro atoms. The number of hydrogen-bond acceptors (Lipinski definition) is 5. The molecule has 46 heavy (non-hydrogen) atoms. The highest BCUT2D eigenvalue weighted by Crippen LogP contribution is 2.44. The summed E-state index contributed by atoms with van der Waals surface area (Å²) in [5, 5.41) is 5.10. The van der Waals surface area contributed by atoms with Crippen LogP contribution in [0.4, 0.5) is 4.79 Å². The molecular weight excluding hydrogens is 576 g/mol. The van der Waals surface area contributed by atoms with Crippen LogP contribution in [0.15, 0.2) is 91.0 Å². The lowest BCUT2D eigenvalue weighted by Gasteiger charge is -2.31. The predicted octanol–water partition coefficient (Wildman–Crippen LogP) is 7.56. The number of fused-ring (bicyclic) bond motifs is 4. The second-order valence-corrected chi connectivity index (χ2v) is 12.2. The number of ether oxygens (including phenoxy) is 3. The van der Waals surface area contributed by atoms with Gasteiger partial charge in [0.2, 0.25) is 5.91 Å². The summed E-state index contributed by atoms with van der Waals surface area (Å²) in [5.74, 6) is 0.122. The van der Waals surface area contributed by atoms with Crippen LogP contribution in [-0.2, 0) is 25.4 Å². The number of nitrogens with zero attached hydrogens (tertiary/aromatic N) is 1. The first kappa shape index (κ1) is 33.2. The monoisotopic (exact) mass is 622 g/mol. The van der Waals surface area contributed by atoms with E-state index in [0.717, 1.165) is 45.0 Å². The Labute approximate surface area is 272 Å². The van der Waals surface area contributed by atoms with Gasteiger partial charge in [0, 0.05) is 32.1 Å². The zero-order valence-electron chi connectivity index (χ0n) is 27.4. The van der Waals surface area contributed by atoms with Crippen LogP contribution in [0, 0.1) is 5.92 Å². The molecule has 2 amide bonds. The molecule has 4 aromatic carbocycles. The first-order valence-corrected chi connectivity index (χ1v) is 16.5. The molecule has 1 atom stereocenters. The van der Waals surface area contributed by atoms with Crippen molar-refractivity contribution >= 4 is 22.8 Å². The number of benzene rings is 4. The SMILES string of the molecule is CCOC(CN(CCC(C)C)C(=O)C(Cc1cccc2ccccc12)NC(=O)OCC1c2ccccc2-c2ccccc21)OCC. The minimum Gasteiger partial charge on any atom is -0.449 e. The van der Waals surface area contributed by atoms with Crippen LogP contribution in [0.5, 0.6) is 0 Å². The molecular formula is C39H46N2O5. The average molecular weight is 623 g/mol. The van der Waals surface area contributed by atoms with E-state index in [4.69, 9.17) is 14.2 Å². The van der Waals surface area contributed by atoms with E-state index in [0.29, 0.717) is 32.1 Å². The van der Waals surface area contributed by atoms with Gasteiger partial charge in [-0.25, -0.2) is 4.79 Å². The van der Waals surface area contributed by atoms with Crippen molar-refractivity contribution in [1.29, 1.82) is 0 Å². The number of carbonyl (C=O) groups is 2. The van der Waals surface area contributed by atoms with Gasteiger partial charge in [-0.3, -0.25) is 4.79 Å². The van der Waals surface area contributed by atoms with Gasteiger partial charge in [0.05, 0.1) is 6.54 Å². The lowest BCUT2D eigenvalue weighted by molar-refractivity contribution is -0.160. The van der Waals surface area contributed by atoms with Crippen LogP contribution in [0.3, 0.4) is 0 Å². The molecule has 0 bridgehead atoms. The molecule has 0 aliphatic heterocycles. The molecule has 0 fully saturated rings. The summed E-state index contributed by atoms with van der Waals surface area (Å²) in [4.78, 5) is 29.7. The van der Waals surface area contributed by atoms with E-state index in [1.54, 1.807) is 4.90 Å². The topological polar surface area (TPSA) is 77.1 Å². The number of rotatable bonds is 15. The van der Waals surface area contributed by atoms with E-state index in [2.05, 4.69) is 61.6 Å². The van der Waals surface area contributed by atoms with Gasteiger partial charge < -0.3 is 24.4 Å². The third-order valence-corrected chi connectivity index (χ3v) is 8.60. The van der Waals surface area contributed by atoms with Crippen molar-refractivity contribution in [2.75, 3.05) is 32.9 Å². The highest BCUT2D eigenvalue weighted by Gasteiger charge is 2.32. The number of carbonyl (C=O) groups excluding carboxylic acids is 2. The van der Waals surface area contributed by atoms with Crippen LogP contribution < -0.4 is 5.32 Å². The Morgan fingerprint density at radius 2 is 1.41 bits per heavy atom. The number of nitrogens with one attached hydrogen (secondary N) is 1. The Balaban J connectivity index is 1.39. The molecule has 0 radical (unpaired) electrons. The smallest absolute Gasteiger partial charge is 0.407 e. The summed E-state index contributed by atoms with van der Waals surface area (Å²) in [6, 6.07) is 29.8. The second-order valence-electron chi connectivity index (χ2n) is 12.2. The Bertz CT molecular complexity index is 1560. The molecule has 0 aromatic heterocycles. The van der Waals surface area contributed by atoms with Crippen LogP contribution in [0.2, 0.25) is 0 Å². The third kappa shape index (κ3) is 7.95. The molecule has 7 nitrogen and oxygen atoms in total. The Kier molecular flexibility index (Phi) is 11.4. The van der Waals surface area contributed by atoms with Gasteiger partial charge in [0.25, 0.3) is 0 Å². The van der Waals surface area contributed by atoms with Gasteiger partial charge >= 0.3 is 6.09 Å². The number of amides is 2. The van der Waals surface area contributed by atoms with E-state index in [9.17, 15) is 9.59 Å². The molecule has 1 aliphatic carbocycles. The molecule has 7 heteroatoms. The standard InChI is InChI=1S/C39H46N2O5/c1-5-44-37(45-6-2)25-41(23-22-27(3)4)38(42)36(24-29-16-13-15-28-14-7-8-17-30(28)29)40-39(43)46-26-35-33-20-11-9-18-31(33)32-19-10-12-21-34(32)35/h7-21,27,35-37H,5-6,22-26H2,1-4H3,(H,40,43). The van der Waals surface area contributed by atoms with Crippen LogP contribution >= 0.6 is 0 Å². The third-order valence-electron chi connectivity index (χ3n) is 8.60. The summed E-state index contributed by atoms with van der Waals surface area (Å²) in [6.07, 6.45) is -0.0479. The van der Waals surface area contributed by atoms with Crippen molar-refractivity contribution in [2.24, 2.45) is 5.92 Å². The molecule has 5 rings (SSSR count). The first-order valence-electron chi connectivity index (χ1n) is 16.5. The molecule has 1 unspecified atom stereocenters. The Morgan fingerprint density at radius 1 is 0.804 bits per heavy atom. The summed E-state index contributed by atoms with van der Waals surface area (Å²) < 4.78 is 17.6. The number of hydrogen-bond donors (Lipinski definition) is 1. The van der Waals surface area contributed by atoms with Gasteiger partial charge in [-0.15, -0.1) is 0 Å². The summed E-state index contributed by atoms with van der Waals surface area (Å²) >= 11 is 0. The minimum absolute atomic E-state index is 0.0777. The summed E-state index contributed by atoms with van der Waals surface area (Å²) in [6.45, 7) is 9.98. The minimum atomic E-state index is -0.850. The fourth-order valence-corrected chi connectivity index (χ4v) is 6.30. The van der Waals surface area contributed by atoms with Crippen molar-refractivity contribution in [3.63, 3.8) is 0 Å². The Morgan fingerprint density at radius 3 is 2.07 bits per heavy atom. The van der Waals surface area contributed by atoms with Gasteiger partial charge in [-0.2, -0.15) is 0 Å². The van der Waals surface area contributed by atoms with Gasteiger partial charge in [0.1, 0.15) is 12.6 Å². The van der Waals surface area contributed by atoms with Crippen molar-refractivity contribution in [2.45, 2.75) is 58.8 Å². The van der Waals surface area contributed by atoms with Crippen molar-refractivity contribution in [3.05, 3.63) is 108 Å². The largest absolute Gasteiger partial charge is 0.449 e. The molecule has 0 saturated carbocycles. The molecule has 0 saturated heterocycles. The highest BCUT2D eigenvalue weighted by atomic mass is 16.7. The fourth-order valence-electron chi connectivity index (χ4n) is 6.30. The maximum Gasteiger partial charge on any atom is 0.407 e. The zero-order chi connectivity index (χ0) is 32.5. The maximum absolute atomic E-state index is 14.4. The second kappa shape index (κ2) is 15.9. The van der Waals surface area contributed by atoms with Gasteiger partial charge in [-0.1, -0.05) is 105 Å². The highest BCUT2D eigenvalue weighted by molar-refractivity contribution is 5.89. The van der Waals surface area contributed by atoms with Crippen LogP contribution in [0.25, 0.3) is 21.9 Å². The van der Waals surface area contributed by atoms with E-state index in [1.165, 1.54) is 0 Å². The van der Waals surface area contributed by atoms with E-state index in [-0.39, 0.29) is 25.0 Å². The van der Waals surface area contributed by atoms with Crippen molar-refractivity contribution in [3.8, 4) is 11.1 Å². The zero-order valence-corrected chi connectivity index (χ0v) is 27.4. The van der Waals surface area contributed by atoms with Gasteiger partial charge in [0.15, 0.2) is 6.29 Å². The molecule has 242 valence electrons. The normalized spacial score (nSPS) is 13.1. The molecule has 1 aliphatic rings. The van der Waals surface area contributed by atoms with Crippen LogP contribution in [-0.4, -0.2) is 62.1 Å². The fraction of sp³-hybridized carbons (Fsp3) is 0.385. The van der Waals surface area contributed by atoms with Crippen LogP contribution in [0.1, 0.15) is 56.7 Å². The van der Waals surface area contributed by atoms with Crippen molar-refractivity contribution in [1.82, 2.24) is 10.2 Å². The quantitative estimate of drug-likeness (QED) is 0.139. The molecule has 0 heterocycles. The van der Waals surface area contributed by atoms with Gasteiger partial charge in [-0.05, 0) is 64.8 Å². The summed E-state index contributed by atoms with van der Waals surface area (Å²) in [7, 11) is 0. The van der Waals surface area contributed by atoms with E-state index in [1.807, 2.05) is 62.4 Å². The average Bonchev–Trinajstić information content (AvgIpc) is 3.38. The van der Waals surface area contributed by atoms with Crippen molar-refractivity contribution < 1.29 is 23.8 Å². The molecule has 4 aromatic rings. The lowest BCUT2D eigenvalue weighted by atomic mass is 9.97. The lowest BCUT2D eigenvalue weighted by Crippen LogP contribution is -2.52. The number of alkyl carbamates (subject to hydrolysis) is 1. The van der Waals surface area contributed by atoms with E-state index >= 15 is 0 Å². The van der Waals surface area contributed by atoms with E-state index < -0.39 is 18.4 Å². The maximum atomic E-state index is 14.4.